The molecule has 0 radical (unpaired) electrons. The molecule has 212 valence electrons. The number of amides is 2. The zero-order chi connectivity index (χ0) is 29.3. The average molecular weight is 557 g/mol. The van der Waals surface area contributed by atoms with Crippen LogP contribution in [0, 0.1) is 22.6 Å². The monoisotopic (exact) mass is 556 g/mol. The molecular formula is C31H33FN6O3. The lowest BCUT2D eigenvalue weighted by Crippen LogP contribution is -2.73. The number of aromatic nitrogens is 2. The summed E-state index contributed by atoms with van der Waals surface area (Å²) < 4.78 is 20.4. The van der Waals surface area contributed by atoms with Gasteiger partial charge in [-0.2, -0.15) is 5.26 Å². The summed E-state index contributed by atoms with van der Waals surface area (Å²) in [6.07, 6.45) is 3.29. The van der Waals surface area contributed by atoms with E-state index >= 15 is 0 Å². The lowest BCUT2D eigenvalue weighted by Gasteiger charge is -2.60. The predicted octanol–water partition coefficient (Wildman–Crippen LogP) is 4.43. The largest absolute Gasteiger partial charge is 0.451 e. The van der Waals surface area contributed by atoms with Gasteiger partial charge < -0.3 is 19.4 Å². The molecule has 41 heavy (non-hydrogen) atoms. The molecule has 0 saturated carbocycles. The normalized spacial score (nSPS) is 15.4. The third-order valence-electron chi connectivity index (χ3n) is 7.59. The number of halogens is 1. The van der Waals surface area contributed by atoms with Crippen LogP contribution < -0.4 is 9.64 Å². The van der Waals surface area contributed by atoms with E-state index in [-0.39, 0.29) is 40.6 Å². The highest BCUT2D eigenvalue weighted by atomic mass is 19.1. The van der Waals surface area contributed by atoms with Crippen molar-refractivity contribution in [1.29, 1.82) is 5.26 Å². The molecule has 0 bridgehead atoms. The average Bonchev–Trinajstić information content (AvgIpc) is 2.89. The second-order valence-corrected chi connectivity index (χ2v) is 11.4. The summed E-state index contributed by atoms with van der Waals surface area (Å²) in [7, 11) is 0. The summed E-state index contributed by atoms with van der Waals surface area (Å²) in [5, 5.41) is 8.96. The number of rotatable bonds is 8. The predicted molar refractivity (Wildman–Crippen MR) is 151 cm³/mol. The van der Waals surface area contributed by atoms with Crippen LogP contribution in [0.3, 0.4) is 0 Å². The van der Waals surface area contributed by atoms with Crippen LogP contribution in [0.1, 0.15) is 49.2 Å². The number of likely N-dealkylation sites (tertiary alicyclic amines) is 1. The molecule has 2 aromatic carbocycles. The molecule has 10 heteroatoms. The lowest BCUT2D eigenvalue weighted by molar-refractivity contribution is -0.144. The van der Waals surface area contributed by atoms with Gasteiger partial charge in [0.05, 0.1) is 29.8 Å². The van der Waals surface area contributed by atoms with Crippen LogP contribution in [0.4, 0.5) is 10.2 Å². The molecule has 2 fully saturated rings. The highest BCUT2D eigenvalue weighted by Crippen LogP contribution is 2.44. The van der Waals surface area contributed by atoms with Crippen molar-refractivity contribution in [2.45, 2.75) is 46.2 Å². The van der Waals surface area contributed by atoms with E-state index < -0.39 is 5.82 Å². The van der Waals surface area contributed by atoms with Gasteiger partial charge in [0, 0.05) is 43.7 Å². The van der Waals surface area contributed by atoms with Crippen LogP contribution in [0.15, 0.2) is 55.0 Å². The second kappa shape index (κ2) is 11.2. The Hall–Kier alpha value is -4.52. The fourth-order valence-corrected chi connectivity index (χ4v) is 5.74. The molecule has 0 N–H and O–H groups in total. The number of nitriles is 1. The van der Waals surface area contributed by atoms with Crippen LogP contribution >= 0.6 is 0 Å². The molecule has 2 aliphatic heterocycles. The first kappa shape index (κ1) is 28.0. The minimum Gasteiger partial charge on any atom is -0.451 e. The molecule has 2 aliphatic rings. The van der Waals surface area contributed by atoms with E-state index in [9.17, 15) is 14.0 Å². The Kier molecular flexibility index (Phi) is 7.63. The maximum Gasteiger partial charge on any atom is 0.258 e. The summed E-state index contributed by atoms with van der Waals surface area (Å²) in [5.74, 6) is 0.418. The van der Waals surface area contributed by atoms with Crippen molar-refractivity contribution in [1.82, 2.24) is 19.8 Å². The van der Waals surface area contributed by atoms with Crippen molar-refractivity contribution >= 4 is 17.6 Å². The Morgan fingerprint density at radius 3 is 2.37 bits per heavy atom. The number of benzene rings is 2. The zero-order valence-corrected chi connectivity index (χ0v) is 23.7. The SMILES string of the molecule is CC(C)N(C(=O)c1cc(F)ccc1Oc1cncnc1N1CC2(CN(C(=O)Cc3ccc(C#N)cc3)C2)C1)C(C)C. The Balaban J connectivity index is 1.25. The van der Waals surface area contributed by atoms with E-state index in [4.69, 9.17) is 10.00 Å². The van der Waals surface area contributed by atoms with E-state index in [0.29, 0.717) is 49.7 Å². The summed E-state index contributed by atoms with van der Waals surface area (Å²) >= 11 is 0. The van der Waals surface area contributed by atoms with Crippen LogP contribution in [0.25, 0.3) is 0 Å². The smallest absolute Gasteiger partial charge is 0.258 e. The lowest BCUT2D eigenvalue weighted by atomic mass is 9.72. The first-order valence-electron chi connectivity index (χ1n) is 13.7. The Bertz CT molecular complexity index is 1480. The van der Waals surface area contributed by atoms with Gasteiger partial charge in [-0.15, -0.1) is 0 Å². The minimum absolute atomic E-state index is 0.00538. The number of ether oxygens (including phenoxy) is 1. The van der Waals surface area contributed by atoms with Crippen LogP contribution in [-0.2, 0) is 11.2 Å². The third-order valence-corrected chi connectivity index (χ3v) is 7.59. The summed E-state index contributed by atoms with van der Waals surface area (Å²) in [5.41, 5.74) is 1.59. The molecule has 1 spiro atoms. The number of carbonyl (C=O) groups is 2. The molecule has 0 atom stereocenters. The highest BCUT2D eigenvalue weighted by molar-refractivity contribution is 5.97. The van der Waals surface area contributed by atoms with Gasteiger partial charge in [0.1, 0.15) is 17.9 Å². The molecule has 3 heterocycles. The quantitative estimate of drug-likeness (QED) is 0.404. The number of carbonyl (C=O) groups excluding carboxylic acids is 2. The molecule has 3 aromatic rings. The number of anilines is 1. The standard InChI is InChI=1S/C31H33FN6O3/c1-20(2)38(21(3)4)30(40)25-12-24(32)9-10-26(25)41-27-14-34-19-35-29(27)37-17-31(18-37)15-36(16-31)28(39)11-22-5-7-23(13-33)8-6-22/h5-10,12,14,19-21H,11,15-18H2,1-4H3. The molecule has 2 amide bonds. The Morgan fingerprint density at radius 1 is 1.05 bits per heavy atom. The fourth-order valence-electron chi connectivity index (χ4n) is 5.74. The fraction of sp³-hybridized carbons (Fsp3) is 0.387. The second-order valence-electron chi connectivity index (χ2n) is 11.4. The van der Waals surface area contributed by atoms with Crippen LogP contribution in [-0.4, -0.2) is 69.8 Å². The van der Waals surface area contributed by atoms with E-state index in [1.54, 1.807) is 23.2 Å². The summed E-state index contributed by atoms with van der Waals surface area (Å²) in [4.78, 5) is 40.4. The summed E-state index contributed by atoms with van der Waals surface area (Å²) in [6.45, 7) is 10.4. The Morgan fingerprint density at radius 2 is 1.73 bits per heavy atom. The van der Waals surface area contributed by atoms with Gasteiger partial charge in [-0.05, 0) is 63.6 Å². The van der Waals surface area contributed by atoms with Crippen molar-refractivity contribution < 1.29 is 18.7 Å². The van der Waals surface area contributed by atoms with E-state index in [0.717, 1.165) is 5.56 Å². The van der Waals surface area contributed by atoms with Gasteiger partial charge in [-0.1, -0.05) is 12.1 Å². The van der Waals surface area contributed by atoms with Crippen molar-refractivity contribution in [3.63, 3.8) is 0 Å². The molecule has 1 aromatic heterocycles. The minimum atomic E-state index is -0.523. The van der Waals surface area contributed by atoms with Crippen molar-refractivity contribution in [3.05, 3.63) is 77.5 Å². The number of hydrogen-bond acceptors (Lipinski definition) is 7. The van der Waals surface area contributed by atoms with Gasteiger partial charge in [-0.25, -0.2) is 14.4 Å². The Labute approximate surface area is 239 Å². The molecule has 9 nitrogen and oxygen atoms in total. The van der Waals surface area contributed by atoms with Crippen LogP contribution in [0.2, 0.25) is 0 Å². The first-order chi connectivity index (χ1) is 19.6. The van der Waals surface area contributed by atoms with Crippen LogP contribution in [0.5, 0.6) is 11.5 Å². The van der Waals surface area contributed by atoms with Gasteiger partial charge in [0.15, 0.2) is 11.6 Å². The van der Waals surface area contributed by atoms with Gasteiger partial charge in [0.25, 0.3) is 5.91 Å². The van der Waals surface area contributed by atoms with E-state index in [1.165, 1.54) is 24.5 Å². The van der Waals surface area contributed by atoms with Crippen molar-refractivity contribution in [2.24, 2.45) is 5.41 Å². The number of hydrogen-bond donors (Lipinski definition) is 0. The molecule has 0 aliphatic carbocycles. The first-order valence-corrected chi connectivity index (χ1v) is 13.7. The van der Waals surface area contributed by atoms with E-state index in [2.05, 4.69) is 20.9 Å². The number of nitrogens with zero attached hydrogens (tertiary/aromatic N) is 6. The molecule has 0 unspecified atom stereocenters. The van der Waals surface area contributed by atoms with E-state index in [1.807, 2.05) is 44.7 Å². The van der Waals surface area contributed by atoms with Crippen molar-refractivity contribution in [3.8, 4) is 17.6 Å². The summed E-state index contributed by atoms with van der Waals surface area (Å²) in [6, 6.07) is 12.9. The van der Waals surface area contributed by atoms with Gasteiger partial charge >= 0.3 is 0 Å². The highest BCUT2D eigenvalue weighted by Gasteiger charge is 2.53. The molecule has 5 rings (SSSR count). The molecule has 2 saturated heterocycles. The van der Waals surface area contributed by atoms with Gasteiger partial charge in [-0.3, -0.25) is 9.59 Å². The third kappa shape index (κ3) is 5.71. The van der Waals surface area contributed by atoms with Crippen molar-refractivity contribution in [2.75, 3.05) is 31.1 Å². The topological polar surface area (TPSA) is 103 Å². The zero-order valence-electron chi connectivity index (χ0n) is 23.7. The maximum absolute atomic E-state index is 14.3. The molecular weight excluding hydrogens is 523 g/mol. The van der Waals surface area contributed by atoms with Gasteiger partial charge in [0.2, 0.25) is 5.91 Å². The maximum atomic E-state index is 14.3.